The van der Waals surface area contributed by atoms with Gasteiger partial charge in [-0.05, 0) is 64.7 Å². The first-order valence-electron chi connectivity index (χ1n) is 11.3. The molecule has 1 atom stereocenters. The Labute approximate surface area is 178 Å². The number of ether oxygens (including phenoxy) is 1. The number of hydrogen-bond donors (Lipinski definition) is 0. The van der Waals surface area contributed by atoms with E-state index in [1.165, 1.54) is 24.8 Å². The third kappa shape index (κ3) is 6.88. The maximum Gasteiger partial charge on any atom is 0.129 e. The molecule has 1 aliphatic rings. The molecule has 0 aromatic heterocycles. The lowest BCUT2D eigenvalue weighted by atomic mass is 9.98. The highest BCUT2D eigenvalue weighted by atomic mass is 16.6. The summed E-state index contributed by atoms with van der Waals surface area (Å²) in [6.45, 7) is 12.7. The Kier molecular flexibility index (Phi) is 9.72. The number of benzene rings is 1. The van der Waals surface area contributed by atoms with Crippen molar-refractivity contribution in [3.8, 4) is 5.75 Å². The van der Waals surface area contributed by atoms with Crippen LogP contribution in [0.25, 0.3) is 6.08 Å². The smallest absolute Gasteiger partial charge is 0.129 e. The van der Waals surface area contributed by atoms with Crippen LogP contribution in [0.5, 0.6) is 5.75 Å². The molecule has 1 aliphatic carbocycles. The molecule has 0 N–H and O–H groups in total. The molecule has 0 heterocycles. The van der Waals surface area contributed by atoms with Crippen LogP contribution in [0.2, 0.25) is 0 Å². The van der Waals surface area contributed by atoms with Gasteiger partial charge in [-0.15, -0.1) is 0 Å². The molecule has 29 heavy (non-hydrogen) atoms. The van der Waals surface area contributed by atoms with Crippen LogP contribution in [0.1, 0.15) is 72.3 Å². The molecule has 0 radical (unpaired) electrons. The molecule has 162 valence electrons. The van der Waals surface area contributed by atoms with Gasteiger partial charge in [-0.3, -0.25) is 4.90 Å². The molecule has 1 fully saturated rings. The zero-order valence-electron chi connectivity index (χ0n) is 19.3. The van der Waals surface area contributed by atoms with Gasteiger partial charge in [-0.2, -0.15) is 0 Å². The van der Waals surface area contributed by atoms with Crippen molar-refractivity contribution in [3.63, 3.8) is 0 Å². The molecule has 0 saturated heterocycles. The Hall–Kier alpha value is -1.81. The molecular weight excluding hydrogens is 360 g/mol. The summed E-state index contributed by atoms with van der Waals surface area (Å²) in [6, 6.07) is 9.19. The minimum absolute atomic E-state index is 0.502. The average Bonchev–Trinajstić information content (AvgIpc) is 3.07. The van der Waals surface area contributed by atoms with Crippen LogP contribution in [-0.2, 0) is 4.84 Å². The first-order chi connectivity index (χ1) is 14.0. The van der Waals surface area contributed by atoms with Gasteiger partial charge in [0.05, 0.1) is 12.8 Å². The summed E-state index contributed by atoms with van der Waals surface area (Å²) in [4.78, 5) is 8.30. The van der Waals surface area contributed by atoms with Crippen LogP contribution in [0.4, 0.5) is 0 Å². The summed E-state index contributed by atoms with van der Waals surface area (Å²) >= 11 is 0. The quantitative estimate of drug-likeness (QED) is 0.329. The van der Waals surface area contributed by atoms with Gasteiger partial charge in [0.1, 0.15) is 12.4 Å². The Morgan fingerprint density at radius 2 is 1.90 bits per heavy atom. The predicted molar refractivity (Wildman–Crippen MR) is 124 cm³/mol. The van der Waals surface area contributed by atoms with E-state index in [1.54, 1.807) is 7.11 Å². The van der Waals surface area contributed by atoms with Crippen LogP contribution in [-0.4, -0.2) is 43.0 Å². The molecule has 1 aromatic rings. The van der Waals surface area contributed by atoms with Crippen LogP contribution < -0.4 is 4.74 Å². The topological polar surface area (TPSA) is 34.1 Å². The van der Waals surface area contributed by atoms with Crippen molar-refractivity contribution in [3.05, 3.63) is 35.4 Å². The second kappa shape index (κ2) is 12.0. The van der Waals surface area contributed by atoms with Crippen LogP contribution in [0.15, 0.2) is 35.0 Å². The summed E-state index contributed by atoms with van der Waals surface area (Å²) in [6.07, 6.45) is 8.09. The second-order valence-corrected chi connectivity index (χ2v) is 8.52. The first-order valence-corrected chi connectivity index (χ1v) is 11.3. The predicted octanol–water partition coefficient (Wildman–Crippen LogP) is 6.17. The van der Waals surface area contributed by atoms with E-state index in [0.29, 0.717) is 24.6 Å². The Bertz CT molecular complexity index is 671. The highest BCUT2D eigenvalue weighted by Gasteiger charge is 2.28. The van der Waals surface area contributed by atoms with E-state index in [0.717, 1.165) is 36.4 Å². The van der Waals surface area contributed by atoms with Crippen LogP contribution in [0, 0.1) is 5.92 Å². The second-order valence-electron chi connectivity index (χ2n) is 8.52. The van der Waals surface area contributed by atoms with Crippen LogP contribution in [0.3, 0.4) is 0 Å². The van der Waals surface area contributed by atoms with Gasteiger partial charge in [0, 0.05) is 30.1 Å². The summed E-state index contributed by atoms with van der Waals surface area (Å²) in [7, 11) is 1.73. The van der Waals surface area contributed by atoms with Gasteiger partial charge in [0.2, 0.25) is 0 Å². The van der Waals surface area contributed by atoms with Crippen molar-refractivity contribution in [1.82, 2.24) is 4.90 Å². The van der Waals surface area contributed by atoms with Crippen molar-refractivity contribution in [1.29, 1.82) is 0 Å². The first kappa shape index (κ1) is 23.5. The molecule has 4 heteroatoms. The number of para-hydroxylation sites is 1. The molecular formula is C25H40N2O2. The van der Waals surface area contributed by atoms with Gasteiger partial charge in [0.15, 0.2) is 0 Å². The van der Waals surface area contributed by atoms with Gasteiger partial charge in [-0.1, -0.05) is 43.1 Å². The Balaban J connectivity index is 2.14. The monoisotopic (exact) mass is 400 g/mol. The molecule has 2 rings (SSSR count). The van der Waals surface area contributed by atoms with Gasteiger partial charge in [0.25, 0.3) is 0 Å². The number of rotatable bonds is 11. The van der Waals surface area contributed by atoms with Crippen molar-refractivity contribution in [2.24, 2.45) is 11.1 Å². The molecule has 0 unspecified atom stereocenters. The van der Waals surface area contributed by atoms with E-state index in [9.17, 15) is 0 Å². The number of hydrogen-bond acceptors (Lipinski definition) is 4. The summed E-state index contributed by atoms with van der Waals surface area (Å²) in [5.41, 5.74) is 3.55. The fraction of sp³-hybridized carbons (Fsp3) is 0.640. The number of unbranched alkanes of at least 4 members (excludes halogenated alkanes) is 1. The molecule has 1 aromatic carbocycles. The molecule has 0 bridgehead atoms. The fourth-order valence-electron chi connectivity index (χ4n) is 4.22. The van der Waals surface area contributed by atoms with E-state index in [4.69, 9.17) is 9.57 Å². The zero-order chi connectivity index (χ0) is 21.2. The standard InChI is InChI=1S/C25H40N2O2/c1-7-8-11-21-14-15-23(18-22-12-9-10-13-24(22)28-6)25(21)26-29-17-16-27(19(2)3)20(4)5/h9-10,12-13,18-21H,7-8,11,14-17H2,1-6H3/b23-18+,26-25+/t21-/m1/s1. The summed E-state index contributed by atoms with van der Waals surface area (Å²) in [5.74, 6) is 1.41. The third-order valence-electron chi connectivity index (χ3n) is 5.78. The lowest BCUT2D eigenvalue weighted by Gasteiger charge is -2.29. The molecule has 0 amide bonds. The van der Waals surface area contributed by atoms with Crippen LogP contribution >= 0.6 is 0 Å². The Morgan fingerprint density at radius 1 is 1.17 bits per heavy atom. The number of oxime groups is 1. The normalized spacial score (nSPS) is 19.8. The number of nitrogens with zero attached hydrogens (tertiary/aromatic N) is 2. The van der Waals surface area contributed by atoms with Crippen molar-refractivity contribution in [2.45, 2.75) is 78.8 Å². The minimum Gasteiger partial charge on any atom is -0.496 e. The van der Waals surface area contributed by atoms with E-state index < -0.39 is 0 Å². The molecule has 4 nitrogen and oxygen atoms in total. The highest BCUT2D eigenvalue weighted by molar-refractivity contribution is 6.07. The average molecular weight is 401 g/mol. The summed E-state index contributed by atoms with van der Waals surface area (Å²) in [5, 5.41) is 4.66. The fourth-order valence-corrected chi connectivity index (χ4v) is 4.22. The zero-order valence-corrected chi connectivity index (χ0v) is 19.3. The van der Waals surface area contributed by atoms with E-state index in [-0.39, 0.29) is 0 Å². The summed E-state index contributed by atoms with van der Waals surface area (Å²) < 4.78 is 5.53. The maximum absolute atomic E-state index is 5.86. The highest BCUT2D eigenvalue weighted by Crippen LogP contribution is 2.34. The molecule has 0 aliphatic heterocycles. The largest absolute Gasteiger partial charge is 0.496 e. The molecule has 0 spiro atoms. The van der Waals surface area contributed by atoms with E-state index in [2.05, 4.69) is 62.9 Å². The maximum atomic E-state index is 5.86. The SMILES string of the molecule is CCCC[C@@H]1CCC(=C\c2ccccc2OC)/C1=N/OCCN(C(C)C)C(C)C. The van der Waals surface area contributed by atoms with Crippen molar-refractivity contribution < 1.29 is 9.57 Å². The van der Waals surface area contributed by atoms with Crippen molar-refractivity contribution in [2.75, 3.05) is 20.3 Å². The van der Waals surface area contributed by atoms with E-state index >= 15 is 0 Å². The van der Waals surface area contributed by atoms with E-state index in [1.807, 2.05) is 12.1 Å². The lowest BCUT2D eigenvalue weighted by molar-refractivity contribution is 0.0822. The minimum atomic E-state index is 0.502. The third-order valence-corrected chi connectivity index (χ3v) is 5.78. The van der Waals surface area contributed by atoms with Gasteiger partial charge < -0.3 is 9.57 Å². The van der Waals surface area contributed by atoms with Gasteiger partial charge in [-0.25, -0.2) is 0 Å². The van der Waals surface area contributed by atoms with Gasteiger partial charge >= 0.3 is 0 Å². The molecule has 1 saturated carbocycles. The lowest BCUT2D eigenvalue weighted by Crippen LogP contribution is -2.39. The Morgan fingerprint density at radius 3 is 2.55 bits per heavy atom. The number of methoxy groups -OCH3 is 1. The van der Waals surface area contributed by atoms with Crippen molar-refractivity contribution >= 4 is 11.8 Å². The number of allylic oxidation sites excluding steroid dienone is 1.